The molecule has 2 aromatic heterocycles. The lowest BCUT2D eigenvalue weighted by Gasteiger charge is -2.28. The maximum absolute atomic E-state index is 14.6. The second kappa shape index (κ2) is 6.92. The number of aromatic carboxylic acids is 1. The summed E-state index contributed by atoms with van der Waals surface area (Å²) in [7, 11) is 0. The molecule has 2 aliphatic carbocycles. The minimum atomic E-state index is -1.31. The second-order valence-corrected chi connectivity index (χ2v) is 7.60. The van der Waals surface area contributed by atoms with Crippen LogP contribution in [-0.4, -0.2) is 33.2 Å². The molecule has 27 heavy (non-hydrogen) atoms. The topological polar surface area (TPSA) is 110 Å². The van der Waals surface area contributed by atoms with Gasteiger partial charge in [0.25, 0.3) is 0 Å². The third-order valence-electron chi connectivity index (χ3n) is 5.65. The summed E-state index contributed by atoms with van der Waals surface area (Å²) in [5.74, 6) is -1.30. The molecule has 0 atom stereocenters. The molecule has 0 aromatic carbocycles. The Labute approximate surface area is 155 Å². The van der Waals surface area contributed by atoms with Crippen LogP contribution in [0.4, 0.5) is 10.2 Å². The zero-order valence-corrected chi connectivity index (χ0v) is 14.9. The molecule has 8 heteroatoms. The molecule has 7 nitrogen and oxygen atoms in total. The smallest absolute Gasteiger partial charge is 0.341 e. The first-order chi connectivity index (χ1) is 13.0. The number of rotatable bonds is 5. The number of hydrogen-bond acceptors (Lipinski definition) is 5. The molecule has 144 valence electrons. The number of nitrogens with one attached hydrogen (secondary N) is 1. The third kappa shape index (κ3) is 3.41. The number of hydrogen-bond donors (Lipinski definition) is 3. The van der Waals surface area contributed by atoms with E-state index in [9.17, 15) is 19.1 Å². The van der Waals surface area contributed by atoms with Crippen LogP contribution < -0.4 is 16.5 Å². The Morgan fingerprint density at radius 1 is 1.30 bits per heavy atom. The van der Waals surface area contributed by atoms with Gasteiger partial charge in [-0.1, -0.05) is 0 Å². The van der Waals surface area contributed by atoms with E-state index in [4.69, 9.17) is 5.73 Å². The van der Waals surface area contributed by atoms with Crippen LogP contribution in [0.25, 0.3) is 11.0 Å². The molecule has 4 rings (SSSR count). The summed E-state index contributed by atoms with van der Waals surface area (Å²) < 4.78 is 16.3. The van der Waals surface area contributed by atoms with Crippen LogP contribution in [0.15, 0.2) is 17.1 Å². The summed E-state index contributed by atoms with van der Waals surface area (Å²) in [4.78, 5) is 28.2. The maximum Gasteiger partial charge on any atom is 0.341 e. The van der Waals surface area contributed by atoms with Gasteiger partial charge in [-0.05, 0) is 57.1 Å². The van der Waals surface area contributed by atoms with Crippen LogP contribution in [0.5, 0.6) is 0 Å². The van der Waals surface area contributed by atoms with Gasteiger partial charge in [0.05, 0.1) is 5.39 Å². The van der Waals surface area contributed by atoms with E-state index in [1.54, 1.807) is 4.57 Å². The molecule has 0 bridgehead atoms. The molecule has 0 spiro atoms. The Kier molecular flexibility index (Phi) is 4.59. The molecule has 2 heterocycles. The molecule has 2 saturated carbocycles. The van der Waals surface area contributed by atoms with Gasteiger partial charge in [0.15, 0.2) is 11.6 Å². The van der Waals surface area contributed by atoms with Gasteiger partial charge in [-0.3, -0.25) is 4.79 Å². The Morgan fingerprint density at radius 2 is 2.00 bits per heavy atom. The average Bonchev–Trinajstić information content (AvgIpc) is 3.49. The van der Waals surface area contributed by atoms with Gasteiger partial charge in [-0.15, -0.1) is 0 Å². The van der Waals surface area contributed by atoms with Crippen molar-refractivity contribution < 1.29 is 14.3 Å². The van der Waals surface area contributed by atoms with Crippen LogP contribution in [0.1, 0.15) is 54.9 Å². The first-order valence-electron chi connectivity index (χ1n) is 9.43. The van der Waals surface area contributed by atoms with Gasteiger partial charge in [-0.2, -0.15) is 0 Å². The van der Waals surface area contributed by atoms with E-state index >= 15 is 0 Å². The summed E-state index contributed by atoms with van der Waals surface area (Å²) in [5.41, 5.74) is 5.01. The number of nitrogens with two attached hydrogens (primary N) is 1. The quantitative estimate of drug-likeness (QED) is 0.742. The highest BCUT2D eigenvalue weighted by atomic mass is 19.1. The van der Waals surface area contributed by atoms with Gasteiger partial charge in [0.1, 0.15) is 11.2 Å². The molecule has 2 aliphatic rings. The predicted octanol–water partition coefficient (Wildman–Crippen LogP) is 2.50. The first-order valence-corrected chi connectivity index (χ1v) is 9.43. The predicted molar refractivity (Wildman–Crippen MR) is 99.6 cm³/mol. The van der Waals surface area contributed by atoms with Crippen molar-refractivity contribution in [2.45, 2.75) is 50.6 Å². The Balaban J connectivity index is 1.72. The van der Waals surface area contributed by atoms with Crippen LogP contribution in [0, 0.1) is 11.7 Å². The fraction of sp³-hybridized carbons (Fsp3) is 0.526. The van der Waals surface area contributed by atoms with E-state index in [2.05, 4.69) is 10.3 Å². The van der Waals surface area contributed by atoms with Crippen LogP contribution in [0.3, 0.4) is 0 Å². The minimum absolute atomic E-state index is 0.0108. The SMILES string of the molecule is NC[C@H]1CC[C@H](Nc2nc3c(cc2F)c(=O)c(C(=O)O)cn3C2CC2)CC1. The molecule has 0 amide bonds. The van der Waals surface area contributed by atoms with Gasteiger partial charge in [0.2, 0.25) is 5.43 Å². The highest BCUT2D eigenvalue weighted by molar-refractivity contribution is 5.92. The molecule has 0 unspecified atom stereocenters. The minimum Gasteiger partial charge on any atom is -0.477 e. The molecule has 4 N–H and O–H groups in total. The number of fused-ring (bicyclic) bond motifs is 1. The molecule has 0 aliphatic heterocycles. The van der Waals surface area contributed by atoms with Crippen molar-refractivity contribution >= 4 is 22.8 Å². The van der Waals surface area contributed by atoms with E-state index in [1.165, 1.54) is 6.20 Å². The Bertz CT molecular complexity index is 946. The van der Waals surface area contributed by atoms with Crippen molar-refractivity contribution in [1.29, 1.82) is 0 Å². The van der Waals surface area contributed by atoms with Gasteiger partial charge in [-0.25, -0.2) is 14.2 Å². The fourth-order valence-corrected chi connectivity index (χ4v) is 3.87. The standard InChI is InChI=1S/C19H23FN4O3/c20-15-7-13-16(25)14(19(26)27)9-24(12-5-6-12)18(13)23-17(15)22-11-3-1-10(8-21)2-4-11/h7,9-12H,1-6,8,21H2,(H,22,23)(H,26,27)/t10-,11-. The zero-order valence-electron chi connectivity index (χ0n) is 14.9. The number of carboxylic acid groups (broad SMARTS) is 1. The van der Waals surface area contributed by atoms with E-state index < -0.39 is 17.2 Å². The molecule has 2 aromatic rings. The zero-order chi connectivity index (χ0) is 19.1. The largest absolute Gasteiger partial charge is 0.477 e. The van der Waals surface area contributed by atoms with Crippen molar-refractivity contribution in [1.82, 2.24) is 9.55 Å². The lowest BCUT2D eigenvalue weighted by Crippen LogP contribution is -2.30. The normalized spacial score (nSPS) is 22.7. The van der Waals surface area contributed by atoms with Gasteiger partial charge >= 0.3 is 5.97 Å². The summed E-state index contributed by atoms with van der Waals surface area (Å²) in [5, 5.41) is 12.5. The summed E-state index contributed by atoms with van der Waals surface area (Å²) in [6.07, 6.45) is 6.91. The number of pyridine rings is 2. The third-order valence-corrected chi connectivity index (χ3v) is 5.65. The van der Waals surface area contributed by atoms with Gasteiger partial charge < -0.3 is 20.7 Å². The Morgan fingerprint density at radius 3 is 2.59 bits per heavy atom. The van der Waals surface area contributed by atoms with Crippen molar-refractivity contribution in [2.75, 3.05) is 11.9 Å². The number of carbonyl (C=O) groups is 1. The van der Waals surface area contributed by atoms with Crippen molar-refractivity contribution in [3.05, 3.63) is 33.9 Å². The Hall–Kier alpha value is -2.48. The van der Waals surface area contributed by atoms with Crippen molar-refractivity contribution in [3.8, 4) is 0 Å². The van der Waals surface area contributed by atoms with E-state index in [-0.39, 0.29) is 28.9 Å². The molecule has 0 radical (unpaired) electrons. The molecule has 2 fully saturated rings. The number of halogens is 1. The lowest BCUT2D eigenvalue weighted by atomic mass is 9.86. The molecular formula is C19H23FN4O3. The summed E-state index contributed by atoms with van der Waals surface area (Å²) >= 11 is 0. The fourth-order valence-electron chi connectivity index (χ4n) is 3.87. The summed E-state index contributed by atoms with van der Waals surface area (Å²) in [6.45, 7) is 0.675. The van der Waals surface area contributed by atoms with Crippen LogP contribution in [-0.2, 0) is 0 Å². The molecule has 0 saturated heterocycles. The van der Waals surface area contributed by atoms with Crippen LogP contribution in [0.2, 0.25) is 0 Å². The average molecular weight is 374 g/mol. The number of aromatic nitrogens is 2. The molecular weight excluding hydrogens is 351 g/mol. The first kappa shape index (κ1) is 17.9. The van der Waals surface area contributed by atoms with Crippen LogP contribution >= 0.6 is 0 Å². The van der Waals surface area contributed by atoms with Crippen molar-refractivity contribution in [2.24, 2.45) is 11.7 Å². The highest BCUT2D eigenvalue weighted by Gasteiger charge is 2.28. The number of nitrogens with zero attached hydrogens (tertiary/aromatic N) is 2. The van der Waals surface area contributed by atoms with E-state index in [0.717, 1.165) is 44.6 Å². The van der Waals surface area contributed by atoms with Crippen molar-refractivity contribution in [3.63, 3.8) is 0 Å². The highest BCUT2D eigenvalue weighted by Crippen LogP contribution is 2.37. The van der Waals surface area contributed by atoms with E-state index in [1.807, 2.05) is 0 Å². The number of carboxylic acids is 1. The second-order valence-electron chi connectivity index (χ2n) is 7.60. The van der Waals surface area contributed by atoms with Gasteiger partial charge in [0, 0.05) is 18.3 Å². The summed E-state index contributed by atoms with van der Waals surface area (Å²) in [6, 6.07) is 1.34. The lowest BCUT2D eigenvalue weighted by molar-refractivity contribution is 0.0695. The van der Waals surface area contributed by atoms with E-state index in [0.29, 0.717) is 18.1 Å². The number of anilines is 1. The monoisotopic (exact) mass is 374 g/mol. The maximum atomic E-state index is 14.6.